The second-order valence-corrected chi connectivity index (χ2v) is 16.6. The maximum Gasteiger partial charge on any atom is 0.0547 e. The Balaban J connectivity index is 0.917. The van der Waals surface area contributed by atoms with Crippen LogP contribution in [-0.2, 0) is 5.41 Å². The number of hydrogen-bond acceptors (Lipinski definition) is 0. The van der Waals surface area contributed by atoms with E-state index in [0.717, 1.165) is 5.69 Å². The minimum atomic E-state index is -0.0179. The van der Waals surface area contributed by atoms with Gasteiger partial charge in [-0.2, -0.15) is 0 Å². The summed E-state index contributed by atoms with van der Waals surface area (Å²) in [6.45, 7) is 4.70. The SMILES string of the molecule is CC1(C)c2ccccc2-c2ccc(-c3ccc(-c4cccc(-n5c6ccccc6c6cc(-c7ccc8c9ccccc9n(-c9ccccc9)c8c7)ccc65)c4)cc3)cc21. The lowest BCUT2D eigenvalue weighted by molar-refractivity contribution is 0.660. The second kappa shape index (κ2) is 12.8. The Kier molecular flexibility index (Phi) is 7.31. The van der Waals surface area contributed by atoms with Crippen molar-refractivity contribution in [3.8, 4) is 55.9 Å². The van der Waals surface area contributed by atoms with Crippen molar-refractivity contribution in [3.63, 3.8) is 0 Å². The van der Waals surface area contributed by atoms with E-state index in [-0.39, 0.29) is 5.41 Å². The molecule has 278 valence electrons. The smallest absolute Gasteiger partial charge is 0.0547 e. The van der Waals surface area contributed by atoms with Crippen LogP contribution in [0, 0.1) is 0 Å². The first-order valence-corrected chi connectivity index (χ1v) is 20.6. The normalized spacial score (nSPS) is 13.1. The lowest BCUT2D eigenvalue weighted by Gasteiger charge is -2.22. The summed E-state index contributed by atoms with van der Waals surface area (Å²) in [5, 5.41) is 5.03. The van der Waals surface area contributed by atoms with Gasteiger partial charge in [0.15, 0.2) is 0 Å². The van der Waals surface area contributed by atoms with Crippen molar-refractivity contribution in [1.29, 1.82) is 0 Å². The lowest BCUT2D eigenvalue weighted by atomic mass is 9.81. The van der Waals surface area contributed by atoms with Gasteiger partial charge >= 0.3 is 0 Å². The van der Waals surface area contributed by atoms with E-state index in [1.165, 1.54) is 105 Å². The summed E-state index contributed by atoms with van der Waals surface area (Å²) < 4.78 is 4.82. The first-order chi connectivity index (χ1) is 29.0. The van der Waals surface area contributed by atoms with Gasteiger partial charge in [0.05, 0.1) is 22.1 Å². The molecule has 11 aromatic rings. The average Bonchev–Trinajstić information content (AvgIpc) is 3.89. The molecule has 0 radical (unpaired) electrons. The van der Waals surface area contributed by atoms with Crippen molar-refractivity contribution in [2.24, 2.45) is 0 Å². The van der Waals surface area contributed by atoms with E-state index < -0.39 is 0 Å². The standard InChI is InChI=1S/C57H40N2/c1-57(2)51-20-9-6-17-45(51)46-30-27-41(35-52(46)57)38-25-23-37(24-26-38)39-13-12-16-44(33-39)59-54-22-11-8-19-48(54)50-34-40(29-32-55(50)59)42-28-31-49-47-18-7-10-21-53(47)58(56(49)36-42)43-14-4-3-5-15-43/h3-36H,1-2H3. The second-order valence-electron chi connectivity index (χ2n) is 16.6. The number of para-hydroxylation sites is 3. The minimum Gasteiger partial charge on any atom is -0.309 e. The van der Waals surface area contributed by atoms with Crippen molar-refractivity contribution >= 4 is 43.6 Å². The number of rotatable bonds is 5. The summed E-state index contributed by atoms with van der Waals surface area (Å²) in [5.41, 5.74) is 20.0. The Morgan fingerprint density at radius 1 is 0.288 bits per heavy atom. The first-order valence-electron chi connectivity index (χ1n) is 20.6. The van der Waals surface area contributed by atoms with Crippen LogP contribution in [0.15, 0.2) is 206 Å². The van der Waals surface area contributed by atoms with Gasteiger partial charge in [-0.1, -0.05) is 159 Å². The monoisotopic (exact) mass is 752 g/mol. The van der Waals surface area contributed by atoms with E-state index in [4.69, 9.17) is 0 Å². The fraction of sp³-hybridized carbons (Fsp3) is 0.0526. The van der Waals surface area contributed by atoms with Crippen LogP contribution in [0.2, 0.25) is 0 Å². The Bertz CT molecular complexity index is 3450. The van der Waals surface area contributed by atoms with Crippen LogP contribution >= 0.6 is 0 Å². The van der Waals surface area contributed by atoms with Crippen molar-refractivity contribution in [2.75, 3.05) is 0 Å². The number of benzene rings is 9. The molecule has 0 saturated carbocycles. The van der Waals surface area contributed by atoms with E-state index in [1.807, 2.05) is 0 Å². The molecule has 0 aliphatic heterocycles. The molecular formula is C57H40N2. The van der Waals surface area contributed by atoms with Gasteiger partial charge in [-0.15, -0.1) is 0 Å². The average molecular weight is 753 g/mol. The Morgan fingerprint density at radius 3 is 1.58 bits per heavy atom. The van der Waals surface area contributed by atoms with Crippen LogP contribution in [0.4, 0.5) is 0 Å². The van der Waals surface area contributed by atoms with E-state index in [1.54, 1.807) is 0 Å². The van der Waals surface area contributed by atoms with Gasteiger partial charge in [0.1, 0.15) is 0 Å². The zero-order valence-corrected chi connectivity index (χ0v) is 33.0. The Hall–Kier alpha value is -7.42. The number of nitrogens with zero attached hydrogens (tertiary/aromatic N) is 2. The highest BCUT2D eigenvalue weighted by atomic mass is 15.0. The van der Waals surface area contributed by atoms with Crippen molar-refractivity contribution in [1.82, 2.24) is 9.13 Å². The highest BCUT2D eigenvalue weighted by molar-refractivity contribution is 6.12. The molecule has 0 fully saturated rings. The minimum absolute atomic E-state index is 0.0179. The molecule has 2 nitrogen and oxygen atoms in total. The molecule has 0 N–H and O–H groups in total. The molecule has 0 spiro atoms. The maximum atomic E-state index is 2.42. The van der Waals surface area contributed by atoms with Crippen LogP contribution in [0.1, 0.15) is 25.0 Å². The summed E-state index contributed by atoms with van der Waals surface area (Å²) in [7, 11) is 0. The molecule has 9 aromatic carbocycles. The van der Waals surface area contributed by atoms with E-state index in [2.05, 4.69) is 229 Å². The first kappa shape index (κ1) is 33.7. The molecule has 0 unspecified atom stereocenters. The molecule has 0 atom stereocenters. The van der Waals surface area contributed by atoms with Gasteiger partial charge in [0, 0.05) is 38.3 Å². The van der Waals surface area contributed by atoms with Crippen LogP contribution in [0.5, 0.6) is 0 Å². The van der Waals surface area contributed by atoms with Gasteiger partial charge in [-0.25, -0.2) is 0 Å². The molecule has 1 aliphatic carbocycles. The molecule has 0 saturated heterocycles. The molecule has 59 heavy (non-hydrogen) atoms. The summed E-state index contributed by atoms with van der Waals surface area (Å²) in [5.74, 6) is 0. The Morgan fingerprint density at radius 2 is 0.797 bits per heavy atom. The highest BCUT2D eigenvalue weighted by Crippen LogP contribution is 2.49. The van der Waals surface area contributed by atoms with Gasteiger partial charge in [-0.05, 0) is 116 Å². The van der Waals surface area contributed by atoms with E-state index >= 15 is 0 Å². The zero-order chi connectivity index (χ0) is 39.2. The molecule has 0 bridgehead atoms. The van der Waals surface area contributed by atoms with Crippen LogP contribution < -0.4 is 0 Å². The molecule has 2 aromatic heterocycles. The summed E-state index contributed by atoms with van der Waals surface area (Å²) in [6, 6.07) is 76.1. The molecule has 2 heterocycles. The van der Waals surface area contributed by atoms with E-state index in [9.17, 15) is 0 Å². The fourth-order valence-corrected chi connectivity index (χ4v) is 10.00. The zero-order valence-electron chi connectivity index (χ0n) is 33.0. The molecule has 0 amide bonds. The number of aromatic nitrogens is 2. The third-order valence-electron chi connectivity index (χ3n) is 12.9. The van der Waals surface area contributed by atoms with Gasteiger partial charge < -0.3 is 9.13 Å². The molecule has 1 aliphatic rings. The topological polar surface area (TPSA) is 9.86 Å². The maximum absolute atomic E-state index is 2.42. The molecule has 2 heteroatoms. The van der Waals surface area contributed by atoms with E-state index in [0.29, 0.717) is 0 Å². The predicted octanol–water partition coefficient (Wildman–Crippen LogP) is 15.2. The predicted molar refractivity (Wildman–Crippen MR) is 249 cm³/mol. The fourth-order valence-electron chi connectivity index (χ4n) is 10.00. The van der Waals surface area contributed by atoms with Crippen molar-refractivity contribution in [3.05, 3.63) is 217 Å². The lowest BCUT2D eigenvalue weighted by Crippen LogP contribution is -2.14. The number of hydrogen-bond donors (Lipinski definition) is 0. The molecular weight excluding hydrogens is 713 g/mol. The summed E-state index contributed by atoms with van der Waals surface area (Å²) >= 11 is 0. The highest BCUT2D eigenvalue weighted by Gasteiger charge is 2.35. The summed E-state index contributed by atoms with van der Waals surface area (Å²) in [4.78, 5) is 0. The molecule has 12 rings (SSSR count). The van der Waals surface area contributed by atoms with Gasteiger partial charge in [-0.3, -0.25) is 0 Å². The van der Waals surface area contributed by atoms with Crippen molar-refractivity contribution in [2.45, 2.75) is 19.3 Å². The number of fused-ring (bicyclic) bond motifs is 9. The third kappa shape index (κ3) is 5.13. The largest absolute Gasteiger partial charge is 0.309 e. The van der Waals surface area contributed by atoms with Crippen LogP contribution in [0.25, 0.3) is 99.5 Å². The van der Waals surface area contributed by atoms with Crippen LogP contribution in [0.3, 0.4) is 0 Å². The van der Waals surface area contributed by atoms with Crippen molar-refractivity contribution < 1.29 is 0 Å². The summed E-state index contributed by atoms with van der Waals surface area (Å²) in [6.07, 6.45) is 0. The van der Waals surface area contributed by atoms with Gasteiger partial charge in [0.25, 0.3) is 0 Å². The third-order valence-corrected chi connectivity index (χ3v) is 12.9. The van der Waals surface area contributed by atoms with Crippen LogP contribution in [-0.4, -0.2) is 9.13 Å². The van der Waals surface area contributed by atoms with Gasteiger partial charge in [0.2, 0.25) is 0 Å². The Labute approximate surface area is 343 Å². The quantitative estimate of drug-likeness (QED) is 0.166.